The van der Waals surface area contributed by atoms with Crippen LogP contribution in [0.5, 0.6) is 0 Å². The standard InChI is InChI=1S/C15H13NS.C2H4/c1-10-6-8-12(9-7-10)13-4-3-5-14-15(13)11(2)16-17-14;1-2/h3-9,16H,2H2,1H3;1-2H2. The molecule has 0 fully saturated rings. The summed E-state index contributed by atoms with van der Waals surface area (Å²) in [5, 5.41) is 0. The molecule has 0 bridgehead atoms. The van der Waals surface area contributed by atoms with Gasteiger partial charge in [0.1, 0.15) is 0 Å². The van der Waals surface area contributed by atoms with Crippen LogP contribution in [0.25, 0.3) is 16.8 Å². The van der Waals surface area contributed by atoms with Gasteiger partial charge in [0.25, 0.3) is 0 Å². The fourth-order valence-corrected chi connectivity index (χ4v) is 2.89. The van der Waals surface area contributed by atoms with Crippen LogP contribution in [0.15, 0.2) is 67.1 Å². The molecule has 19 heavy (non-hydrogen) atoms. The molecule has 1 aliphatic heterocycles. The van der Waals surface area contributed by atoms with Crippen molar-refractivity contribution in [2.45, 2.75) is 11.8 Å². The maximum atomic E-state index is 4.07. The van der Waals surface area contributed by atoms with Crippen molar-refractivity contribution in [3.63, 3.8) is 0 Å². The number of benzene rings is 2. The fourth-order valence-electron chi connectivity index (χ4n) is 2.07. The van der Waals surface area contributed by atoms with Crippen molar-refractivity contribution < 1.29 is 0 Å². The SMILES string of the molecule is C=C.C=C1NSc2cccc(-c3ccc(C)cc3)c21. The van der Waals surface area contributed by atoms with Gasteiger partial charge in [-0.2, -0.15) is 0 Å². The fraction of sp³-hybridized carbons (Fsp3) is 0.0588. The van der Waals surface area contributed by atoms with Gasteiger partial charge in [-0.3, -0.25) is 0 Å². The molecule has 0 aromatic heterocycles. The van der Waals surface area contributed by atoms with E-state index in [2.05, 4.69) is 73.8 Å². The Bertz CT molecular complexity index is 599. The van der Waals surface area contributed by atoms with Crippen molar-refractivity contribution >= 4 is 17.6 Å². The zero-order valence-corrected chi connectivity index (χ0v) is 11.9. The first-order valence-corrected chi connectivity index (χ1v) is 6.89. The molecule has 0 radical (unpaired) electrons. The molecular formula is C17H17NS. The second-order valence-corrected chi connectivity index (χ2v) is 5.08. The minimum absolute atomic E-state index is 1.00. The third-order valence-corrected chi connectivity index (χ3v) is 3.88. The molecule has 0 atom stereocenters. The van der Waals surface area contributed by atoms with E-state index in [0.29, 0.717) is 0 Å². The molecule has 96 valence electrons. The summed E-state index contributed by atoms with van der Waals surface area (Å²) in [6.07, 6.45) is 0. The quantitative estimate of drug-likeness (QED) is 0.573. The van der Waals surface area contributed by atoms with E-state index in [-0.39, 0.29) is 0 Å². The molecule has 1 heterocycles. The Balaban J connectivity index is 0.000000637. The van der Waals surface area contributed by atoms with Crippen LogP contribution in [0.4, 0.5) is 0 Å². The molecule has 2 heteroatoms. The number of nitrogens with one attached hydrogen (secondary N) is 1. The molecule has 1 nitrogen and oxygen atoms in total. The van der Waals surface area contributed by atoms with Crippen LogP contribution in [0.3, 0.4) is 0 Å². The number of aryl methyl sites for hydroxylation is 1. The monoisotopic (exact) mass is 267 g/mol. The summed E-state index contributed by atoms with van der Waals surface area (Å²) in [4.78, 5) is 1.26. The highest BCUT2D eigenvalue weighted by molar-refractivity contribution is 7.98. The van der Waals surface area contributed by atoms with E-state index in [1.54, 1.807) is 11.9 Å². The Kier molecular flexibility index (Phi) is 4.13. The average molecular weight is 267 g/mol. The Morgan fingerprint density at radius 2 is 1.68 bits per heavy atom. The lowest BCUT2D eigenvalue weighted by Crippen LogP contribution is -1.92. The van der Waals surface area contributed by atoms with E-state index in [1.165, 1.54) is 27.1 Å². The van der Waals surface area contributed by atoms with E-state index in [4.69, 9.17) is 0 Å². The lowest BCUT2D eigenvalue weighted by molar-refractivity contribution is 1.39. The molecule has 1 N–H and O–H groups in total. The second kappa shape index (κ2) is 5.81. The van der Waals surface area contributed by atoms with Gasteiger partial charge in [0.05, 0.1) is 0 Å². The van der Waals surface area contributed by atoms with Crippen LogP contribution >= 0.6 is 11.9 Å². The predicted molar refractivity (Wildman–Crippen MR) is 85.9 cm³/mol. The van der Waals surface area contributed by atoms with Crippen LogP contribution in [0, 0.1) is 6.92 Å². The minimum Gasteiger partial charge on any atom is -0.326 e. The molecule has 3 rings (SSSR count). The molecule has 0 saturated heterocycles. The zero-order valence-electron chi connectivity index (χ0n) is 11.1. The molecule has 1 aliphatic rings. The van der Waals surface area contributed by atoms with Gasteiger partial charge in [-0.15, -0.1) is 13.2 Å². The largest absolute Gasteiger partial charge is 0.326 e. The van der Waals surface area contributed by atoms with Gasteiger partial charge in [-0.1, -0.05) is 48.5 Å². The molecular weight excluding hydrogens is 250 g/mol. The summed E-state index contributed by atoms with van der Waals surface area (Å²) in [7, 11) is 0. The number of rotatable bonds is 1. The van der Waals surface area contributed by atoms with E-state index in [1.807, 2.05) is 0 Å². The summed E-state index contributed by atoms with van der Waals surface area (Å²) in [5.41, 5.74) is 6.03. The van der Waals surface area contributed by atoms with Crippen LogP contribution < -0.4 is 4.72 Å². The highest BCUT2D eigenvalue weighted by Gasteiger charge is 2.18. The van der Waals surface area contributed by atoms with Gasteiger partial charge in [-0.25, -0.2) is 0 Å². The Morgan fingerprint density at radius 1 is 1.00 bits per heavy atom. The zero-order chi connectivity index (χ0) is 13.8. The van der Waals surface area contributed by atoms with Crippen LogP contribution in [-0.2, 0) is 0 Å². The van der Waals surface area contributed by atoms with E-state index >= 15 is 0 Å². The number of hydrogen-bond acceptors (Lipinski definition) is 2. The Hall–Kier alpha value is -1.93. The summed E-state index contributed by atoms with van der Waals surface area (Å²) < 4.78 is 3.23. The first kappa shape index (κ1) is 13.5. The van der Waals surface area contributed by atoms with E-state index in [9.17, 15) is 0 Å². The van der Waals surface area contributed by atoms with Crippen molar-refractivity contribution in [1.82, 2.24) is 4.72 Å². The van der Waals surface area contributed by atoms with Gasteiger partial charge < -0.3 is 4.72 Å². The van der Waals surface area contributed by atoms with Crippen molar-refractivity contribution in [2.75, 3.05) is 0 Å². The van der Waals surface area contributed by atoms with Crippen molar-refractivity contribution in [2.24, 2.45) is 0 Å². The molecule has 2 aromatic carbocycles. The minimum atomic E-state index is 1.00. The second-order valence-electron chi connectivity index (χ2n) is 4.23. The van der Waals surface area contributed by atoms with Crippen LogP contribution in [-0.4, -0.2) is 0 Å². The topological polar surface area (TPSA) is 12.0 Å². The van der Waals surface area contributed by atoms with Gasteiger partial charge in [0, 0.05) is 16.2 Å². The highest BCUT2D eigenvalue weighted by Crippen LogP contribution is 2.39. The summed E-state index contributed by atoms with van der Waals surface area (Å²) >= 11 is 1.64. The van der Waals surface area contributed by atoms with Crippen molar-refractivity contribution in [1.29, 1.82) is 0 Å². The first-order chi connectivity index (χ1) is 9.25. The molecule has 0 saturated carbocycles. The molecule has 2 aromatic rings. The van der Waals surface area contributed by atoms with E-state index in [0.717, 1.165) is 5.70 Å². The lowest BCUT2D eigenvalue weighted by Gasteiger charge is -2.08. The van der Waals surface area contributed by atoms with Gasteiger partial charge >= 0.3 is 0 Å². The third kappa shape index (κ3) is 2.59. The molecule has 0 spiro atoms. The predicted octanol–water partition coefficient (Wildman–Crippen LogP) is 5.05. The molecule has 0 aliphatic carbocycles. The van der Waals surface area contributed by atoms with Crippen molar-refractivity contribution in [3.05, 3.63) is 73.3 Å². The summed E-state index contributed by atoms with van der Waals surface area (Å²) in [6.45, 7) is 12.2. The summed E-state index contributed by atoms with van der Waals surface area (Å²) in [6, 6.07) is 15.0. The smallest absolute Gasteiger partial charge is 0.0461 e. The first-order valence-electron chi connectivity index (χ1n) is 6.08. The summed E-state index contributed by atoms with van der Waals surface area (Å²) in [5.74, 6) is 0. The normalized spacial score (nSPS) is 12.2. The van der Waals surface area contributed by atoms with Gasteiger partial charge in [-0.05, 0) is 36.1 Å². The number of hydrogen-bond donors (Lipinski definition) is 1. The molecule has 0 amide bonds. The highest BCUT2D eigenvalue weighted by atomic mass is 32.2. The molecule has 0 unspecified atom stereocenters. The maximum absolute atomic E-state index is 4.07. The lowest BCUT2D eigenvalue weighted by atomic mass is 9.97. The third-order valence-electron chi connectivity index (χ3n) is 2.97. The Morgan fingerprint density at radius 3 is 2.37 bits per heavy atom. The maximum Gasteiger partial charge on any atom is 0.0461 e. The van der Waals surface area contributed by atoms with Crippen LogP contribution in [0.2, 0.25) is 0 Å². The van der Waals surface area contributed by atoms with E-state index < -0.39 is 0 Å². The van der Waals surface area contributed by atoms with Crippen molar-refractivity contribution in [3.8, 4) is 11.1 Å². The average Bonchev–Trinajstić information content (AvgIpc) is 2.84. The van der Waals surface area contributed by atoms with Crippen LogP contribution in [0.1, 0.15) is 11.1 Å². The Labute approximate surface area is 119 Å². The number of fused-ring (bicyclic) bond motifs is 1. The van der Waals surface area contributed by atoms with Gasteiger partial charge in [0.2, 0.25) is 0 Å². The van der Waals surface area contributed by atoms with Gasteiger partial charge in [0.15, 0.2) is 0 Å².